The third-order valence-electron chi connectivity index (χ3n) is 6.14. The molecule has 0 bridgehead atoms. The van der Waals surface area contributed by atoms with Crippen LogP contribution in [0.3, 0.4) is 0 Å². The maximum atomic E-state index is 13.4. The van der Waals surface area contributed by atoms with Crippen LogP contribution in [-0.2, 0) is 11.3 Å². The van der Waals surface area contributed by atoms with Gasteiger partial charge < -0.3 is 14.5 Å². The summed E-state index contributed by atoms with van der Waals surface area (Å²) >= 11 is 0. The molecule has 2 aromatic rings. The molecule has 1 heterocycles. The van der Waals surface area contributed by atoms with Gasteiger partial charge in [-0.25, -0.2) is 0 Å². The molecule has 30 heavy (non-hydrogen) atoms. The lowest BCUT2D eigenvalue weighted by molar-refractivity contribution is -0.138. The smallest absolute Gasteiger partial charge is 0.253 e. The Balaban J connectivity index is 1.43. The highest BCUT2D eigenvalue weighted by atomic mass is 16.5. The van der Waals surface area contributed by atoms with E-state index >= 15 is 0 Å². The molecule has 2 fully saturated rings. The quantitative estimate of drug-likeness (QED) is 0.727. The molecule has 1 aliphatic carbocycles. The van der Waals surface area contributed by atoms with E-state index < -0.39 is 0 Å². The third kappa shape index (κ3) is 4.66. The Bertz CT molecular complexity index is 888. The van der Waals surface area contributed by atoms with E-state index in [1.165, 1.54) is 0 Å². The summed E-state index contributed by atoms with van der Waals surface area (Å²) in [6.07, 6.45) is 3.86. The van der Waals surface area contributed by atoms with Crippen molar-refractivity contribution >= 4 is 11.8 Å². The van der Waals surface area contributed by atoms with Crippen LogP contribution in [0.1, 0.15) is 47.2 Å². The molecule has 2 aromatic carbocycles. The zero-order valence-electron chi connectivity index (χ0n) is 17.8. The molecule has 0 unspecified atom stereocenters. The number of aryl methyl sites for hydroxylation is 1. The molecule has 1 aliphatic heterocycles. The summed E-state index contributed by atoms with van der Waals surface area (Å²) in [7, 11) is 1.65. The van der Waals surface area contributed by atoms with Crippen LogP contribution in [0, 0.1) is 12.8 Å². The molecule has 1 atom stereocenters. The normalized spacial score (nSPS) is 18.7. The lowest BCUT2D eigenvalue weighted by Crippen LogP contribution is -2.47. The van der Waals surface area contributed by atoms with Gasteiger partial charge in [0.25, 0.3) is 5.91 Å². The molecule has 0 aromatic heterocycles. The number of piperidine rings is 1. The molecular formula is C25H30N2O3. The Morgan fingerprint density at radius 3 is 2.37 bits per heavy atom. The highest BCUT2D eigenvalue weighted by molar-refractivity contribution is 5.94. The van der Waals surface area contributed by atoms with Crippen molar-refractivity contribution in [1.29, 1.82) is 0 Å². The van der Waals surface area contributed by atoms with Gasteiger partial charge in [0.15, 0.2) is 0 Å². The molecule has 0 spiro atoms. The van der Waals surface area contributed by atoms with E-state index in [1.54, 1.807) is 7.11 Å². The van der Waals surface area contributed by atoms with Crippen LogP contribution in [0.4, 0.5) is 0 Å². The Morgan fingerprint density at radius 1 is 1.03 bits per heavy atom. The third-order valence-corrected chi connectivity index (χ3v) is 6.14. The number of ether oxygens (including phenoxy) is 1. The van der Waals surface area contributed by atoms with E-state index in [0.717, 1.165) is 49.1 Å². The van der Waals surface area contributed by atoms with E-state index in [4.69, 9.17) is 4.74 Å². The Morgan fingerprint density at radius 2 is 1.73 bits per heavy atom. The average Bonchev–Trinajstić information content (AvgIpc) is 3.63. The summed E-state index contributed by atoms with van der Waals surface area (Å²) in [5.41, 5.74) is 2.95. The first kappa shape index (κ1) is 20.5. The fourth-order valence-electron chi connectivity index (χ4n) is 4.18. The van der Waals surface area contributed by atoms with Gasteiger partial charge in [0.05, 0.1) is 13.0 Å². The van der Waals surface area contributed by atoms with Crippen molar-refractivity contribution < 1.29 is 14.3 Å². The molecule has 0 radical (unpaired) electrons. The van der Waals surface area contributed by atoms with E-state index in [2.05, 4.69) is 0 Å². The monoisotopic (exact) mass is 406 g/mol. The van der Waals surface area contributed by atoms with Gasteiger partial charge in [0, 0.05) is 31.2 Å². The molecule has 5 heteroatoms. The fourth-order valence-corrected chi connectivity index (χ4v) is 4.18. The summed E-state index contributed by atoms with van der Waals surface area (Å²) in [4.78, 5) is 30.2. The Hall–Kier alpha value is -2.82. The molecule has 0 N–H and O–H groups in total. The minimum atomic E-state index is -0.119. The summed E-state index contributed by atoms with van der Waals surface area (Å²) < 4.78 is 5.24. The van der Waals surface area contributed by atoms with Crippen molar-refractivity contribution in [2.24, 2.45) is 5.92 Å². The van der Waals surface area contributed by atoms with Gasteiger partial charge in [-0.2, -0.15) is 0 Å². The maximum Gasteiger partial charge on any atom is 0.253 e. The summed E-state index contributed by atoms with van der Waals surface area (Å²) in [5.74, 6) is 0.919. The number of nitrogens with zero attached hydrogens (tertiary/aromatic N) is 2. The summed E-state index contributed by atoms with van der Waals surface area (Å²) in [6, 6.07) is 15.9. The predicted molar refractivity (Wildman–Crippen MR) is 116 cm³/mol. The van der Waals surface area contributed by atoms with Gasteiger partial charge >= 0.3 is 0 Å². The lowest BCUT2D eigenvalue weighted by atomic mass is 9.95. The van der Waals surface area contributed by atoms with E-state index in [0.29, 0.717) is 24.7 Å². The minimum Gasteiger partial charge on any atom is -0.497 e. The summed E-state index contributed by atoms with van der Waals surface area (Å²) in [5, 5.41) is 0. The van der Waals surface area contributed by atoms with Crippen molar-refractivity contribution in [3.63, 3.8) is 0 Å². The van der Waals surface area contributed by atoms with E-state index in [1.807, 2.05) is 65.3 Å². The molecule has 2 amide bonds. The van der Waals surface area contributed by atoms with Crippen molar-refractivity contribution in [2.45, 2.75) is 45.2 Å². The first-order chi connectivity index (χ1) is 14.5. The van der Waals surface area contributed by atoms with Crippen molar-refractivity contribution in [1.82, 2.24) is 9.80 Å². The average molecular weight is 407 g/mol. The van der Waals surface area contributed by atoms with Crippen LogP contribution < -0.4 is 4.74 Å². The molecule has 4 rings (SSSR count). The zero-order chi connectivity index (χ0) is 21.1. The molecule has 158 valence electrons. The van der Waals surface area contributed by atoms with Gasteiger partial charge in [0.2, 0.25) is 5.91 Å². The van der Waals surface area contributed by atoms with Crippen LogP contribution in [0.5, 0.6) is 5.75 Å². The van der Waals surface area contributed by atoms with Crippen LogP contribution >= 0.6 is 0 Å². The SMILES string of the molecule is COc1ccc(CN(C(=O)[C@H]2CCCN(C(=O)c3ccc(C)cc3)C2)C2CC2)cc1. The molecule has 1 saturated heterocycles. The number of hydrogen-bond donors (Lipinski definition) is 0. The largest absolute Gasteiger partial charge is 0.497 e. The van der Waals surface area contributed by atoms with Crippen LogP contribution in [-0.4, -0.2) is 47.9 Å². The van der Waals surface area contributed by atoms with Crippen molar-refractivity contribution in [3.05, 3.63) is 65.2 Å². The van der Waals surface area contributed by atoms with E-state index in [-0.39, 0.29) is 17.7 Å². The van der Waals surface area contributed by atoms with Crippen LogP contribution in [0.25, 0.3) is 0 Å². The maximum absolute atomic E-state index is 13.4. The first-order valence-electron chi connectivity index (χ1n) is 10.8. The van der Waals surface area contributed by atoms with Crippen LogP contribution in [0.15, 0.2) is 48.5 Å². The second kappa shape index (κ2) is 8.90. The van der Waals surface area contributed by atoms with Crippen molar-refractivity contribution in [2.75, 3.05) is 20.2 Å². The molecule has 5 nitrogen and oxygen atoms in total. The molecule has 1 saturated carbocycles. The van der Waals surface area contributed by atoms with Crippen molar-refractivity contribution in [3.8, 4) is 5.75 Å². The minimum absolute atomic E-state index is 0.0284. The number of hydrogen-bond acceptors (Lipinski definition) is 3. The number of amides is 2. The Labute approximate surface area is 178 Å². The number of rotatable bonds is 6. The number of carbonyl (C=O) groups is 2. The fraction of sp³-hybridized carbons (Fsp3) is 0.440. The number of carbonyl (C=O) groups excluding carboxylic acids is 2. The second-order valence-electron chi connectivity index (χ2n) is 8.50. The number of likely N-dealkylation sites (tertiary alicyclic amines) is 1. The summed E-state index contributed by atoms with van der Waals surface area (Å²) in [6.45, 7) is 3.87. The topological polar surface area (TPSA) is 49.9 Å². The molecular weight excluding hydrogens is 376 g/mol. The van der Waals surface area contributed by atoms with Gasteiger partial charge in [-0.05, 0) is 62.4 Å². The highest BCUT2D eigenvalue weighted by Crippen LogP contribution is 2.32. The number of methoxy groups -OCH3 is 1. The van der Waals surface area contributed by atoms with Gasteiger partial charge in [-0.1, -0.05) is 29.8 Å². The number of benzene rings is 2. The highest BCUT2D eigenvalue weighted by Gasteiger charge is 2.38. The second-order valence-corrected chi connectivity index (χ2v) is 8.50. The van der Waals surface area contributed by atoms with E-state index in [9.17, 15) is 9.59 Å². The molecule has 2 aliphatic rings. The zero-order valence-corrected chi connectivity index (χ0v) is 17.8. The first-order valence-corrected chi connectivity index (χ1v) is 10.8. The van der Waals surface area contributed by atoms with Crippen LogP contribution in [0.2, 0.25) is 0 Å². The Kier molecular flexibility index (Phi) is 6.07. The van der Waals surface area contributed by atoms with Gasteiger partial charge in [-0.15, -0.1) is 0 Å². The lowest BCUT2D eigenvalue weighted by Gasteiger charge is -2.35. The van der Waals surface area contributed by atoms with Gasteiger partial charge in [-0.3, -0.25) is 9.59 Å². The van der Waals surface area contributed by atoms with Gasteiger partial charge in [0.1, 0.15) is 5.75 Å². The predicted octanol–water partition coefficient (Wildman–Crippen LogP) is 4.05. The standard InChI is InChI=1S/C25H30N2O3/c1-18-5-9-20(10-6-18)24(28)26-15-3-4-21(17-26)25(29)27(22-11-12-22)16-19-7-13-23(30-2)14-8-19/h5-10,13-14,21-22H,3-4,11-12,15-17H2,1-2H3/t21-/m0/s1.